The Bertz CT molecular complexity index is 685. The normalized spacial score (nSPS) is 11.5. The first kappa shape index (κ1) is 15.3. The Kier molecular flexibility index (Phi) is 4.76. The molecule has 0 fully saturated rings. The maximum atomic E-state index is 12.2. The van der Waals surface area contributed by atoms with Gasteiger partial charge in [0.2, 0.25) is 10.0 Å². The number of hydrogen-bond donors (Lipinski definition) is 3. The number of H-pyrrole nitrogens is 1. The van der Waals surface area contributed by atoms with Crippen molar-refractivity contribution in [3.8, 4) is 5.75 Å². The van der Waals surface area contributed by atoms with Gasteiger partial charge in [-0.2, -0.15) is 5.10 Å². The predicted molar refractivity (Wildman–Crippen MR) is 77.3 cm³/mol. The van der Waals surface area contributed by atoms with Crippen LogP contribution in [-0.4, -0.2) is 37.3 Å². The van der Waals surface area contributed by atoms with E-state index in [-0.39, 0.29) is 17.2 Å². The molecule has 0 saturated heterocycles. The molecule has 0 atom stereocenters. The summed E-state index contributed by atoms with van der Waals surface area (Å²) >= 11 is 0. The van der Waals surface area contributed by atoms with E-state index < -0.39 is 10.0 Å². The SMILES string of the molecule is COc1ccc(N)cc1S(=O)(=O)NCCCc1ncn[nH]1. The van der Waals surface area contributed by atoms with Crippen LogP contribution in [0, 0.1) is 0 Å². The largest absolute Gasteiger partial charge is 0.495 e. The van der Waals surface area contributed by atoms with Crippen LogP contribution in [0.2, 0.25) is 0 Å². The summed E-state index contributed by atoms with van der Waals surface area (Å²) in [6, 6.07) is 4.48. The van der Waals surface area contributed by atoms with Gasteiger partial charge in [-0.1, -0.05) is 0 Å². The fourth-order valence-electron chi connectivity index (χ4n) is 1.79. The van der Waals surface area contributed by atoms with Gasteiger partial charge in [0, 0.05) is 18.7 Å². The molecule has 0 spiro atoms. The molecule has 0 radical (unpaired) electrons. The van der Waals surface area contributed by atoms with Crippen LogP contribution in [0.1, 0.15) is 12.2 Å². The van der Waals surface area contributed by atoms with Crippen molar-refractivity contribution in [2.45, 2.75) is 17.7 Å². The zero-order valence-corrected chi connectivity index (χ0v) is 12.4. The molecule has 0 bridgehead atoms. The van der Waals surface area contributed by atoms with Crippen LogP contribution < -0.4 is 15.2 Å². The summed E-state index contributed by atoms with van der Waals surface area (Å²) in [7, 11) is -2.26. The van der Waals surface area contributed by atoms with Crippen molar-refractivity contribution in [2.75, 3.05) is 19.4 Å². The summed E-state index contributed by atoms with van der Waals surface area (Å²) in [5.41, 5.74) is 5.99. The lowest BCUT2D eigenvalue weighted by molar-refractivity contribution is 0.402. The number of aromatic nitrogens is 3. The van der Waals surface area contributed by atoms with Crippen molar-refractivity contribution < 1.29 is 13.2 Å². The number of benzene rings is 1. The topological polar surface area (TPSA) is 123 Å². The van der Waals surface area contributed by atoms with E-state index in [1.165, 1.54) is 25.6 Å². The van der Waals surface area contributed by atoms with Gasteiger partial charge in [0.15, 0.2) is 0 Å². The number of sulfonamides is 1. The predicted octanol–water partition coefficient (Wildman–Crippen LogP) is 0.307. The lowest BCUT2D eigenvalue weighted by Gasteiger charge is -2.11. The van der Waals surface area contributed by atoms with Crippen molar-refractivity contribution in [1.29, 1.82) is 0 Å². The molecule has 0 aliphatic carbocycles. The third kappa shape index (κ3) is 3.92. The van der Waals surface area contributed by atoms with Crippen molar-refractivity contribution in [3.63, 3.8) is 0 Å². The molecule has 21 heavy (non-hydrogen) atoms. The van der Waals surface area contributed by atoms with E-state index in [9.17, 15) is 8.42 Å². The highest BCUT2D eigenvalue weighted by Gasteiger charge is 2.19. The van der Waals surface area contributed by atoms with Crippen molar-refractivity contribution in [1.82, 2.24) is 19.9 Å². The molecule has 2 aromatic rings. The minimum atomic E-state index is -3.67. The fourth-order valence-corrected chi connectivity index (χ4v) is 3.07. The Labute approximate surface area is 122 Å². The second kappa shape index (κ2) is 6.55. The van der Waals surface area contributed by atoms with Gasteiger partial charge in [0.25, 0.3) is 0 Å². The zero-order chi connectivity index (χ0) is 15.3. The van der Waals surface area contributed by atoms with Gasteiger partial charge in [-0.3, -0.25) is 5.10 Å². The van der Waals surface area contributed by atoms with E-state index in [4.69, 9.17) is 10.5 Å². The van der Waals surface area contributed by atoms with Gasteiger partial charge >= 0.3 is 0 Å². The Balaban J connectivity index is 1.99. The molecule has 2 rings (SSSR count). The number of anilines is 1. The number of aromatic amines is 1. The Morgan fingerprint density at radius 1 is 1.43 bits per heavy atom. The van der Waals surface area contributed by atoms with Gasteiger partial charge in [-0.25, -0.2) is 18.1 Å². The first-order valence-corrected chi connectivity index (χ1v) is 7.78. The Hall–Kier alpha value is -2.13. The van der Waals surface area contributed by atoms with Gasteiger partial charge < -0.3 is 10.5 Å². The number of nitrogens with zero attached hydrogens (tertiary/aromatic N) is 2. The van der Waals surface area contributed by atoms with E-state index >= 15 is 0 Å². The van der Waals surface area contributed by atoms with E-state index in [2.05, 4.69) is 19.9 Å². The summed E-state index contributed by atoms with van der Waals surface area (Å²) in [5, 5.41) is 6.44. The highest BCUT2D eigenvalue weighted by atomic mass is 32.2. The maximum absolute atomic E-state index is 12.2. The molecule has 0 saturated carbocycles. The average Bonchev–Trinajstić information content (AvgIpc) is 2.97. The number of nitrogen functional groups attached to an aromatic ring is 1. The number of hydrogen-bond acceptors (Lipinski definition) is 6. The molecule has 0 aliphatic heterocycles. The molecular formula is C12H17N5O3S. The zero-order valence-electron chi connectivity index (χ0n) is 11.5. The standard InChI is InChI=1S/C12H17N5O3S/c1-20-10-5-4-9(13)7-11(10)21(18,19)16-6-2-3-12-14-8-15-17-12/h4-5,7-8,16H,2-3,6,13H2,1H3,(H,14,15,17). The number of nitrogens with one attached hydrogen (secondary N) is 2. The molecule has 0 aliphatic rings. The molecule has 114 valence electrons. The van der Waals surface area contributed by atoms with E-state index in [0.29, 0.717) is 18.5 Å². The third-order valence-electron chi connectivity index (χ3n) is 2.82. The van der Waals surface area contributed by atoms with Gasteiger partial charge in [0.1, 0.15) is 22.8 Å². The number of nitrogens with two attached hydrogens (primary N) is 1. The monoisotopic (exact) mass is 311 g/mol. The van der Waals surface area contributed by atoms with Crippen LogP contribution in [0.15, 0.2) is 29.4 Å². The summed E-state index contributed by atoms with van der Waals surface area (Å²) in [6.45, 7) is 0.279. The Morgan fingerprint density at radius 3 is 2.90 bits per heavy atom. The number of ether oxygens (including phenoxy) is 1. The number of rotatable bonds is 7. The van der Waals surface area contributed by atoms with Gasteiger partial charge in [0.05, 0.1) is 7.11 Å². The number of aryl methyl sites for hydroxylation is 1. The van der Waals surface area contributed by atoms with Crippen LogP contribution in [0.4, 0.5) is 5.69 Å². The summed E-state index contributed by atoms with van der Waals surface area (Å²) in [4.78, 5) is 4.00. The molecule has 1 heterocycles. The first-order valence-electron chi connectivity index (χ1n) is 6.30. The van der Waals surface area contributed by atoms with Gasteiger partial charge in [-0.05, 0) is 24.6 Å². The van der Waals surface area contributed by atoms with E-state index in [1.54, 1.807) is 6.07 Å². The molecule has 8 nitrogen and oxygen atoms in total. The molecule has 0 unspecified atom stereocenters. The van der Waals surface area contributed by atoms with Crippen LogP contribution in [0.5, 0.6) is 5.75 Å². The molecule has 0 amide bonds. The lowest BCUT2D eigenvalue weighted by atomic mass is 10.3. The minimum Gasteiger partial charge on any atom is -0.495 e. The van der Waals surface area contributed by atoms with Crippen LogP contribution >= 0.6 is 0 Å². The van der Waals surface area contributed by atoms with Crippen LogP contribution in [0.25, 0.3) is 0 Å². The quantitative estimate of drug-likeness (QED) is 0.499. The smallest absolute Gasteiger partial charge is 0.244 e. The van der Waals surface area contributed by atoms with E-state index in [1.807, 2.05) is 0 Å². The maximum Gasteiger partial charge on any atom is 0.244 e. The molecule has 4 N–H and O–H groups in total. The molecule has 9 heteroatoms. The summed E-state index contributed by atoms with van der Waals surface area (Å²) in [6.07, 6.45) is 2.62. The second-order valence-electron chi connectivity index (χ2n) is 4.34. The summed E-state index contributed by atoms with van der Waals surface area (Å²) < 4.78 is 32.1. The molecular weight excluding hydrogens is 294 g/mol. The van der Waals surface area contributed by atoms with E-state index in [0.717, 1.165) is 5.82 Å². The van der Waals surface area contributed by atoms with Crippen molar-refractivity contribution in [2.24, 2.45) is 0 Å². The van der Waals surface area contributed by atoms with Gasteiger partial charge in [-0.15, -0.1) is 0 Å². The number of methoxy groups -OCH3 is 1. The first-order chi connectivity index (χ1) is 10.0. The van der Waals surface area contributed by atoms with Crippen molar-refractivity contribution >= 4 is 15.7 Å². The van der Waals surface area contributed by atoms with Crippen LogP contribution in [0.3, 0.4) is 0 Å². The molecule has 1 aromatic heterocycles. The molecule has 1 aromatic carbocycles. The fraction of sp³-hybridized carbons (Fsp3) is 0.333. The average molecular weight is 311 g/mol. The highest BCUT2D eigenvalue weighted by Crippen LogP contribution is 2.25. The third-order valence-corrected chi connectivity index (χ3v) is 4.31. The second-order valence-corrected chi connectivity index (χ2v) is 6.08. The minimum absolute atomic E-state index is 0.0321. The van der Waals surface area contributed by atoms with Crippen LogP contribution in [-0.2, 0) is 16.4 Å². The Morgan fingerprint density at radius 2 is 2.24 bits per heavy atom. The van der Waals surface area contributed by atoms with Crippen molar-refractivity contribution in [3.05, 3.63) is 30.4 Å². The lowest BCUT2D eigenvalue weighted by Crippen LogP contribution is -2.25. The highest BCUT2D eigenvalue weighted by molar-refractivity contribution is 7.89. The summed E-state index contributed by atoms with van der Waals surface area (Å²) in [5.74, 6) is 0.975.